The zero-order valence-electron chi connectivity index (χ0n) is 7.03. The molecule has 2 aliphatic heterocycles. The molecular formula is C8H14N2O2. The molecule has 68 valence electrons. The van der Waals surface area contributed by atoms with Crippen molar-refractivity contribution in [3.05, 3.63) is 0 Å². The van der Waals surface area contributed by atoms with E-state index in [4.69, 9.17) is 10.5 Å². The van der Waals surface area contributed by atoms with Crippen LogP contribution in [0, 0.1) is 0 Å². The first-order valence-electron chi connectivity index (χ1n) is 4.43. The Kier molecular flexibility index (Phi) is 2.02. The zero-order chi connectivity index (χ0) is 8.55. The molecule has 4 heteroatoms. The average molecular weight is 170 g/mol. The van der Waals surface area contributed by atoms with E-state index in [9.17, 15) is 4.79 Å². The molecule has 2 heterocycles. The molecule has 2 aliphatic rings. The number of ether oxygens (including phenoxy) is 1. The molecule has 2 rings (SSSR count). The van der Waals surface area contributed by atoms with Gasteiger partial charge in [0.2, 0.25) is 0 Å². The van der Waals surface area contributed by atoms with Crippen molar-refractivity contribution >= 4 is 5.97 Å². The van der Waals surface area contributed by atoms with Gasteiger partial charge in [-0.15, -0.1) is 0 Å². The number of nitrogens with two attached hydrogens (primary N) is 1. The van der Waals surface area contributed by atoms with Gasteiger partial charge in [-0.2, -0.15) is 0 Å². The maximum atomic E-state index is 11.2. The Bertz CT molecular complexity index is 195. The number of nitrogens with zero attached hydrogens (tertiary/aromatic N) is 1. The Morgan fingerprint density at radius 2 is 2.33 bits per heavy atom. The monoisotopic (exact) mass is 170 g/mol. The van der Waals surface area contributed by atoms with Crippen LogP contribution < -0.4 is 5.73 Å². The normalized spacial score (nSPS) is 37.2. The third-order valence-corrected chi connectivity index (χ3v) is 2.60. The van der Waals surface area contributed by atoms with Gasteiger partial charge in [0.25, 0.3) is 0 Å². The van der Waals surface area contributed by atoms with Crippen molar-refractivity contribution < 1.29 is 9.53 Å². The van der Waals surface area contributed by atoms with Crippen molar-refractivity contribution in [3.8, 4) is 0 Å². The van der Waals surface area contributed by atoms with E-state index in [0.29, 0.717) is 6.61 Å². The zero-order valence-corrected chi connectivity index (χ0v) is 7.03. The summed E-state index contributed by atoms with van der Waals surface area (Å²) in [6, 6.07) is 0.247. The Hall–Kier alpha value is -0.610. The van der Waals surface area contributed by atoms with E-state index >= 15 is 0 Å². The molecule has 12 heavy (non-hydrogen) atoms. The SMILES string of the molecule is N[C@@H]1CCN(C2CCOC2=O)C1. The van der Waals surface area contributed by atoms with Gasteiger partial charge in [-0.25, -0.2) is 0 Å². The van der Waals surface area contributed by atoms with E-state index in [-0.39, 0.29) is 18.1 Å². The second-order valence-corrected chi connectivity index (χ2v) is 3.52. The molecule has 0 bridgehead atoms. The molecule has 2 atom stereocenters. The minimum atomic E-state index is -0.0656. The number of hydrogen-bond donors (Lipinski definition) is 1. The predicted octanol–water partition coefficient (Wildman–Crippen LogP) is -0.665. The highest BCUT2D eigenvalue weighted by molar-refractivity contribution is 5.77. The maximum absolute atomic E-state index is 11.2. The van der Waals surface area contributed by atoms with Crippen LogP contribution in [0.5, 0.6) is 0 Å². The summed E-state index contributed by atoms with van der Waals surface area (Å²) in [5.41, 5.74) is 5.74. The fourth-order valence-corrected chi connectivity index (χ4v) is 1.92. The molecule has 2 N–H and O–H groups in total. The largest absolute Gasteiger partial charge is 0.464 e. The molecule has 0 aromatic carbocycles. The van der Waals surface area contributed by atoms with E-state index in [1.54, 1.807) is 0 Å². The Labute approximate surface area is 71.7 Å². The summed E-state index contributed by atoms with van der Waals surface area (Å²) in [5, 5.41) is 0. The summed E-state index contributed by atoms with van der Waals surface area (Å²) >= 11 is 0. The van der Waals surface area contributed by atoms with Gasteiger partial charge < -0.3 is 10.5 Å². The Morgan fingerprint density at radius 3 is 2.83 bits per heavy atom. The molecule has 4 nitrogen and oxygen atoms in total. The highest BCUT2D eigenvalue weighted by atomic mass is 16.5. The van der Waals surface area contributed by atoms with Crippen molar-refractivity contribution in [2.75, 3.05) is 19.7 Å². The van der Waals surface area contributed by atoms with Gasteiger partial charge in [-0.1, -0.05) is 0 Å². The number of esters is 1. The van der Waals surface area contributed by atoms with Crippen LogP contribution in [-0.2, 0) is 9.53 Å². The van der Waals surface area contributed by atoms with Crippen LogP contribution in [-0.4, -0.2) is 42.6 Å². The molecule has 0 amide bonds. The molecule has 0 spiro atoms. The smallest absolute Gasteiger partial charge is 0.323 e. The summed E-state index contributed by atoms with van der Waals surface area (Å²) < 4.78 is 4.89. The predicted molar refractivity (Wildman–Crippen MR) is 43.5 cm³/mol. The lowest BCUT2D eigenvalue weighted by Gasteiger charge is -2.19. The average Bonchev–Trinajstić information content (AvgIpc) is 2.58. The first kappa shape index (κ1) is 8.01. The number of hydrogen-bond acceptors (Lipinski definition) is 4. The van der Waals surface area contributed by atoms with Crippen LogP contribution in [0.25, 0.3) is 0 Å². The van der Waals surface area contributed by atoms with Crippen LogP contribution in [0.15, 0.2) is 0 Å². The summed E-state index contributed by atoms with van der Waals surface area (Å²) in [6.45, 7) is 2.37. The molecule has 2 saturated heterocycles. The van der Waals surface area contributed by atoms with E-state index in [1.165, 1.54) is 0 Å². The minimum Gasteiger partial charge on any atom is -0.464 e. The summed E-state index contributed by atoms with van der Waals surface area (Å²) in [4.78, 5) is 13.3. The number of cyclic esters (lactones) is 1. The summed E-state index contributed by atoms with van der Waals surface area (Å²) in [5.74, 6) is -0.0656. The van der Waals surface area contributed by atoms with Crippen LogP contribution >= 0.6 is 0 Å². The summed E-state index contributed by atoms with van der Waals surface area (Å²) in [6.07, 6.45) is 1.84. The lowest BCUT2D eigenvalue weighted by Crippen LogP contribution is -2.38. The van der Waals surface area contributed by atoms with Crippen molar-refractivity contribution in [3.63, 3.8) is 0 Å². The lowest BCUT2D eigenvalue weighted by molar-refractivity contribution is -0.142. The van der Waals surface area contributed by atoms with Gasteiger partial charge in [-0.05, 0) is 6.42 Å². The second-order valence-electron chi connectivity index (χ2n) is 3.52. The van der Waals surface area contributed by atoms with Crippen LogP contribution in [0.2, 0.25) is 0 Å². The van der Waals surface area contributed by atoms with Crippen molar-refractivity contribution in [1.29, 1.82) is 0 Å². The van der Waals surface area contributed by atoms with Crippen LogP contribution in [0.3, 0.4) is 0 Å². The fraction of sp³-hybridized carbons (Fsp3) is 0.875. The third-order valence-electron chi connectivity index (χ3n) is 2.60. The molecule has 0 radical (unpaired) electrons. The van der Waals surface area contributed by atoms with E-state index in [1.807, 2.05) is 0 Å². The van der Waals surface area contributed by atoms with E-state index < -0.39 is 0 Å². The number of likely N-dealkylation sites (tertiary alicyclic amines) is 1. The Balaban J connectivity index is 1.96. The Morgan fingerprint density at radius 1 is 1.50 bits per heavy atom. The molecule has 0 aromatic heterocycles. The number of carbonyl (C=O) groups is 1. The molecular weight excluding hydrogens is 156 g/mol. The van der Waals surface area contributed by atoms with E-state index in [2.05, 4.69) is 4.90 Å². The van der Waals surface area contributed by atoms with Gasteiger partial charge in [0.15, 0.2) is 0 Å². The second kappa shape index (κ2) is 3.03. The van der Waals surface area contributed by atoms with Gasteiger partial charge in [-0.3, -0.25) is 9.69 Å². The van der Waals surface area contributed by atoms with E-state index in [0.717, 1.165) is 25.9 Å². The topological polar surface area (TPSA) is 55.6 Å². The van der Waals surface area contributed by atoms with Crippen LogP contribution in [0.1, 0.15) is 12.8 Å². The first-order valence-corrected chi connectivity index (χ1v) is 4.43. The molecule has 0 aliphatic carbocycles. The first-order chi connectivity index (χ1) is 5.77. The van der Waals surface area contributed by atoms with Crippen molar-refractivity contribution in [2.45, 2.75) is 24.9 Å². The molecule has 1 unspecified atom stereocenters. The number of rotatable bonds is 1. The summed E-state index contributed by atoms with van der Waals surface area (Å²) in [7, 11) is 0. The highest BCUT2D eigenvalue weighted by Gasteiger charge is 2.35. The fourth-order valence-electron chi connectivity index (χ4n) is 1.92. The maximum Gasteiger partial charge on any atom is 0.323 e. The van der Waals surface area contributed by atoms with Gasteiger partial charge >= 0.3 is 5.97 Å². The highest BCUT2D eigenvalue weighted by Crippen LogP contribution is 2.18. The third kappa shape index (κ3) is 1.32. The van der Waals surface area contributed by atoms with Gasteiger partial charge in [0, 0.05) is 25.6 Å². The number of carbonyl (C=O) groups excluding carboxylic acids is 1. The van der Waals surface area contributed by atoms with Gasteiger partial charge in [0.1, 0.15) is 6.04 Å². The van der Waals surface area contributed by atoms with Gasteiger partial charge in [0.05, 0.1) is 6.61 Å². The minimum absolute atomic E-state index is 0.00134. The van der Waals surface area contributed by atoms with Crippen molar-refractivity contribution in [2.24, 2.45) is 5.73 Å². The quantitative estimate of drug-likeness (QED) is 0.530. The standard InChI is InChI=1S/C8H14N2O2/c9-6-1-3-10(5-6)7-2-4-12-8(7)11/h6-7H,1-5,9H2/t6-,7?/m1/s1. The van der Waals surface area contributed by atoms with Crippen molar-refractivity contribution in [1.82, 2.24) is 4.90 Å². The molecule has 0 saturated carbocycles. The lowest BCUT2D eigenvalue weighted by atomic mass is 10.2. The van der Waals surface area contributed by atoms with Crippen LogP contribution in [0.4, 0.5) is 0 Å². The molecule has 2 fully saturated rings. The molecule has 0 aromatic rings.